The van der Waals surface area contributed by atoms with Crippen LogP contribution in [-0.4, -0.2) is 20.9 Å². The number of nitrogens with zero attached hydrogens (tertiary/aromatic N) is 3. The van der Waals surface area contributed by atoms with E-state index in [1.54, 1.807) is 49.2 Å². The van der Waals surface area contributed by atoms with Crippen molar-refractivity contribution < 1.29 is 9.21 Å². The second-order valence-corrected chi connectivity index (χ2v) is 6.33. The van der Waals surface area contributed by atoms with Crippen LogP contribution < -0.4 is 10.6 Å². The molecule has 0 aromatic carbocycles. The molecule has 144 valence electrons. The Hall–Kier alpha value is -4.00. The number of furan rings is 1. The van der Waals surface area contributed by atoms with Gasteiger partial charge < -0.3 is 15.1 Å². The minimum absolute atomic E-state index is 0.221. The van der Waals surface area contributed by atoms with Gasteiger partial charge in [-0.1, -0.05) is 12.1 Å². The van der Waals surface area contributed by atoms with E-state index in [-0.39, 0.29) is 5.91 Å². The number of amides is 1. The highest BCUT2D eigenvalue weighted by Crippen LogP contribution is 2.23. The maximum Gasteiger partial charge on any atom is 0.255 e. The van der Waals surface area contributed by atoms with Crippen LogP contribution in [0.4, 0.5) is 5.82 Å². The second-order valence-electron chi connectivity index (χ2n) is 6.33. The van der Waals surface area contributed by atoms with Gasteiger partial charge in [0.05, 0.1) is 11.8 Å². The third-order valence-corrected chi connectivity index (χ3v) is 4.27. The highest BCUT2D eigenvalue weighted by molar-refractivity contribution is 5.99. The predicted octanol–water partition coefficient (Wildman–Crippen LogP) is 3.67. The molecule has 7 nitrogen and oxygen atoms in total. The molecule has 29 heavy (non-hydrogen) atoms. The molecule has 1 amide bonds. The summed E-state index contributed by atoms with van der Waals surface area (Å²) in [5.41, 5.74) is 3.01. The molecular weight excluding hydrogens is 366 g/mol. The summed E-state index contributed by atoms with van der Waals surface area (Å²) < 4.78 is 5.44. The monoisotopic (exact) mass is 385 g/mol. The van der Waals surface area contributed by atoms with Crippen molar-refractivity contribution >= 4 is 11.7 Å². The van der Waals surface area contributed by atoms with E-state index in [0.717, 1.165) is 11.1 Å². The Morgan fingerprint density at radius 1 is 0.897 bits per heavy atom. The third-order valence-electron chi connectivity index (χ3n) is 4.27. The molecule has 4 rings (SSSR count). The number of anilines is 1. The van der Waals surface area contributed by atoms with Crippen molar-refractivity contribution in [3.8, 4) is 11.5 Å². The van der Waals surface area contributed by atoms with Crippen LogP contribution in [0.15, 0.2) is 84.0 Å². The van der Waals surface area contributed by atoms with Crippen molar-refractivity contribution in [3.63, 3.8) is 0 Å². The molecule has 0 saturated heterocycles. The fourth-order valence-electron chi connectivity index (χ4n) is 2.81. The van der Waals surface area contributed by atoms with Crippen molar-refractivity contribution in [2.75, 3.05) is 5.32 Å². The fourth-order valence-corrected chi connectivity index (χ4v) is 2.81. The minimum atomic E-state index is -0.221. The Morgan fingerprint density at radius 3 is 2.31 bits per heavy atom. The zero-order valence-electron chi connectivity index (χ0n) is 15.6. The van der Waals surface area contributed by atoms with Gasteiger partial charge in [0, 0.05) is 37.9 Å². The summed E-state index contributed by atoms with van der Waals surface area (Å²) in [5.74, 6) is 0.893. The molecule has 0 aliphatic carbocycles. The number of nitrogens with one attached hydrogen (secondary N) is 2. The van der Waals surface area contributed by atoms with Gasteiger partial charge in [-0.05, 0) is 47.5 Å². The Bertz CT molecular complexity index is 1070. The van der Waals surface area contributed by atoms with E-state index < -0.39 is 0 Å². The zero-order valence-corrected chi connectivity index (χ0v) is 15.6. The van der Waals surface area contributed by atoms with Crippen molar-refractivity contribution in [3.05, 3.63) is 96.3 Å². The summed E-state index contributed by atoms with van der Waals surface area (Å²) in [5, 5.41) is 6.16. The first-order chi connectivity index (χ1) is 14.3. The van der Waals surface area contributed by atoms with Gasteiger partial charge in [-0.2, -0.15) is 0 Å². The summed E-state index contributed by atoms with van der Waals surface area (Å²) in [6, 6.07) is 14.7. The average Bonchev–Trinajstić information content (AvgIpc) is 3.32. The van der Waals surface area contributed by atoms with E-state index >= 15 is 0 Å². The topological polar surface area (TPSA) is 92.9 Å². The van der Waals surface area contributed by atoms with Crippen LogP contribution in [0, 0.1) is 0 Å². The van der Waals surface area contributed by atoms with Crippen LogP contribution in [0.1, 0.15) is 21.5 Å². The standard InChI is InChI=1S/C22H19N5O2/c28-22(26-15-17-5-2-10-24-13-17)18-7-8-19(20-6-3-11-29-20)27-21(18)25-14-16-4-1-9-23-12-16/h1-13H,14-15H2,(H,25,27)(H,26,28). The zero-order chi connectivity index (χ0) is 19.9. The fraction of sp³-hybridized carbons (Fsp3) is 0.0909. The van der Waals surface area contributed by atoms with Crippen molar-refractivity contribution in [2.24, 2.45) is 0 Å². The van der Waals surface area contributed by atoms with Gasteiger partial charge in [0.1, 0.15) is 11.5 Å². The van der Waals surface area contributed by atoms with Gasteiger partial charge in [0.2, 0.25) is 0 Å². The first-order valence-corrected chi connectivity index (χ1v) is 9.14. The maximum absolute atomic E-state index is 12.8. The molecule has 0 radical (unpaired) electrons. The van der Waals surface area contributed by atoms with Crippen molar-refractivity contribution in [1.82, 2.24) is 20.3 Å². The SMILES string of the molecule is O=C(NCc1cccnc1)c1ccc(-c2ccco2)nc1NCc1cccnc1. The number of carbonyl (C=O) groups is 1. The molecule has 0 fully saturated rings. The lowest BCUT2D eigenvalue weighted by molar-refractivity contribution is 0.0951. The van der Waals surface area contributed by atoms with Gasteiger partial charge >= 0.3 is 0 Å². The lowest BCUT2D eigenvalue weighted by Crippen LogP contribution is -2.24. The van der Waals surface area contributed by atoms with E-state index in [1.165, 1.54) is 0 Å². The Morgan fingerprint density at radius 2 is 1.66 bits per heavy atom. The smallest absolute Gasteiger partial charge is 0.255 e. The highest BCUT2D eigenvalue weighted by Gasteiger charge is 2.15. The molecule has 0 spiro atoms. The van der Waals surface area contributed by atoms with E-state index in [4.69, 9.17) is 4.42 Å². The van der Waals surface area contributed by atoms with Crippen LogP contribution >= 0.6 is 0 Å². The normalized spacial score (nSPS) is 10.5. The predicted molar refractivity (Wildman–Crippen MR) is 109 cm³/mol. The molecule has 7 heteroatoms. The van der Waals surface area contributed by atoms with Gasteiger partial charge in [0.15, 0.2) is 5.76 Å². The largest absolute Gasteiger partial charge is 0.463 e. The van der Waals surface area contributed by atoms with E-state index in [9.17, 15) is 4.79 Å². The van der Waals surface area contributed by atoms with Gasteiger partial charge in [-0.15, -0.1) is 0 Å². The van der Waals surface area contributed by atoms with Crippen LogP contribution in [0.2, 0.25) is 0 Å². The number of aromatic nitrogens is 3. The molecule has 4 heterocycles. The first-order valence-electron chi connectivity index (χ1n) is 9.14. The Kier molecular flexibility index (Phi) is 5.57. The molecule has 0 bridgehead atoms. The summed E-state index contributed by atoms with van der Waals surface area (Å²) in [7, 11) is 0. The molecule has 2 N–H and O–H groups in total. The molecule has 0 saturated carbocycles. The summed E-state index contributed by atoms with van der Waals surface area (Å²) >= 11 is 0. The number of hydrogen-bond donors (Lipinski definition) is 2. The van der Waals surface area contributed by atoms with Gasteiger partial charge in [-0.25, -0.2) is 4.98 Å². The summed E-state index contributed by atoms with van der Waals surface area (Å²) in [6.45, 7) is 0.875. The highest BCUT2D eigenvalue weighted by atomic mass is 16.3. The lowest BCUT2D eigenvalue weighted by atomic mass is 10.1. The Balaban J connectivity index is 1.56. The first kappa shape index (κ1) is 18.4. The maximum atomic E-state index is 12.8. The number of carbonyl (C=O) groups excluding carboxylic acids is 1. The van der Waals surface area contributed by atoms with Gasteiger partial charge in [-0.3, -0.25) is 14.8 Å². The Labute approximate surface area is 167 Å². The summed E-state index contributed by atoms with van der Waals surface area (Å²) in [6.07, 6.45) is 8.50. The van der Waals surface area contributed by atoms with Crippen molar-refractivity contribution in [1.29, 1.82) is 0 Å². The average molecular weight is 385 g/mol. The molecule has 0 aliphatic heterocycles. The number of pyridine rings is 3. The molecule has 4 aromatic rings. The third kappa shape index (κ3) is 4.65. The molecule has 0 unspecified atom stereocenters. The van der Waals surface area contributed by atoms with Crippen LogP contribution in [-0.2, 0) is 13.1 Å². The second kappa shape index (κ2) is 8.79. The van der Waals surface area contributed by atoms with Crippen LogP contribution in [0.5, 0.6) is 0 Å². The van der Waals surface area contributed by atoms with E-state index in [0.29, 0.717) is 35.9 Å². The lowest BCUT2D eigenvalue weighted by Gasteiger charge is -2.13. The molecule has 4 aromatic heterocycles. The molecular formula is C22H19N5O2. The minimum Gasteiger partial charge on any atom is -0.463 e. The van der Waals surface area contributed by atoms with Crippen LogP contribution in [0.25, 0.3) is 11.5 Å². The summed E-state index contributed by atoms with van der Waals surface area (Å²) in [4.78, 5) is 25.6. The van der Waals surface area contributed by atoms with Crippen molar-refractivity contribution in [2.45, 2.75) is 13.1 Å². The van der Waals surface area contributed by atoms with Gasteiger partial charge in [0.25, 0.3) is 5.91 Å². The quantitative estimate of drug-likeness (QED) is 0.504. The number of hydrogen-bond acceptors (Lipinski definition) is 6. The van der Waals surface area contributed by atoms with E-state index in [2.05, 4.69) is 25.6 Å². The molecule has 0 atom stereocenters. The van der Waals surface area contributed by atoms with Crippen LogP contribution in [0.3, 0.4) is 0 Å². The number of rotatable bonds is 7. The van der Waals surface area contributed by atoms with E-state index in [1.807, 2.05) is 30.3 Å². The molecule has 0 aliphatic rings.